The smallest absolute Gasteiger partial charge is 0.355 e. The molecular formula is C81H48Br3Cl2F9O21S5. The highest BCUT2D eigenvalue weighted by atomic mass is 79.9. The molecule has 0 fully saturated rings. The van der Waals surface area contributed by atoms with E-state index in [1.165, 1.54) is 99.0 Å². The number of hydrogen-bond donors (Lipinski definition) is 0. The fourth-order valence-electron chi connectivity index (χ4n) is 11.2. The number of aryl methyl sites for hydroxylation is 1. The Kier molecular flexibility index (Phi) is 26.6. The maximum atomic E-state index is 13.7. The lowest BCUT2D eigenvalue weighted by Crippen LogP contribution is -2.15. The second-order valence-electron chi connectivity index (χ2n) is 26.4. The maximum Gasteiger partial charge on any atom is 0.355 e. The van der Waals surface area contributed by atoms with E-state index in [2.05, 4.69) is 52.2 Å². The molecule has 0 radical (unpaired) electrons. The summed E-state index contributed by atoms with van der Waals surface area (Å²) in [6.07, 6.45) is 0. The van der Waals surface area contributed by atoms with E-state index >= 15 is 0 Å². The minimum absolute atomic E-state index is 0.0679. The van der Waals surface area contributed by atoms with Crippen LogP contribution in [0.1, 0.15) is 31.9 Å². The van der Waals surface area contributed by atoms with Gasteiger partial charge in [-0.25, -0.2) is 106 Å². The lowest BCUT2D eigenvalue weighted by Gasteiger charge is -2.19. The third kappa shape index (κ3) is 19.6. The predicted molar refractivity (Wildman–Crippen MR) is 435 cm³/mol. The van der Waals surface area contributed by atoms with Crippen LogP contribution in [0.15, 0.2) is 309 Å². The summed E-state index contributed by atoms with van der Waals surface area (Å²) in [5, 5.41) is 0.0605. The SMILES string of the molecule is CC(C)(C)c1ccc(S(=O)(=O)c2cc3cc(F)cc(F)c3oc2=O)cc1.COc1ccc(S(=O)(=O)c2cc3cc(F)cc(F)c3oc2=O)cc1.Cc1cc(S(=O)(=O)c2cc3cc(F)cc(F)c3oc2=O)ccc1F.O=c1oc2c(Br)cc(Br)cc2cc1S(=O)(=O)c1ccc(Cl)c(Cl)c1.O=c1oc2c(F)cc(F)cc2cc1S(=O)(=O)c1ccc(Br)cc1. The van der Waals surface area contributed by atoms with Crippen molar-refractivity contribution in [2.24, 2.45) is 0 Å². The maximum absolute atomic E-state index is 13.7. The van der Waals surface area contributed by atoms with E-state index < -0.39 is 176 Å². The molecule has 0 aliphatic rings. The molecule has 0 atom stereocenters. The van der Waals surface area contributed by atoms with Gasteiger partial charge in [0, 0.05) is 60.1 Å². The Morgan fingerprint density at radius 3 is 0.926 bits per heavy atom. The predicted octanol–water partition coefficient (Wildman–Crippen LogP) is 19.6. The highest BCUT2D eigenvalue weighted by Crippen LogP contribution is 2.36. The minimum Gasteiger partial charge on any atom is -0.497 e. The van der Waals surface area contributed by atoms with Crippen LogP contribution in [0.25, 0.3) is 54.8 Å². The summed E-state index contributed by atoms with van der Waals surface area (Å²) in [7, 11) is -19.6. The Morgan fingerprint density at radius 1 is 0.314 bits per heavy atom. The first-order chi connectivity index (χ1) is 56.5. The molecule has 5 aromatic heterocycles. The van der Waals surface area contributed by atoms with E-state index in [4.69, 9.17) is 45.6 Å². The number of halogens is 14. The standard InChI is InChI=1S/C19H16F2O4S.C16H9F3O4S.C16H10F2O5S.C15H6Br2Cl2O4S.C15H7BrF2O4S/c1-19(2,3)12-4-6-14(7-5-12)26(23,24)16-9-11-8-13(20)10-15(21)17(11)25-18(16)22;1-8-4-11(2-3-12(8)18)24(21,22)14-6-9-5-10(17)7-13(19)15(9)23-16(14)20;1-22-11-2-4-12(5-3-11)24(20,21)14-7-9-6-10(17)8-13(18)15(9)23-16(14)19;16-8-3-7-4-13(15(20)23-14(7)10(17)5-8)24(21,22)9-1-2-11(18)12(19)6-9;16-9-1-3-11(4-2-9)23(20,21)13-6-8-5-10(17)7-12(18)14(8)22-15(13)19/h4-10H,1-3H3;2-7H,1H3;2-8H,1H3;1-6H;1-7H. The molecule has 40 heteroatoms. The van der Waals surface area contributed by atoms with Gasteiger partial charge in [0.15, 0.2) is 75.7 Å². The molecule has 0 aliphatic heterocycles. The largest absolute Gasteiger partial charge is 0.497 e. The van der Waals surface area contributed by atoms with Crippen LogP contribution in [0.3, 0.4) is 0 Å². The molecule has 0 spiro atoms. The van der Waals surface area contributed by atoms with Crippen molar-refractivity contribution in [1.29, 1.82) is 0 Å². The summed E-state index contributed by atoms with van der Waals surface area (Å²) in [6.45, 7) is 7.31. The first-order valence-corrected chi connectivity index (χ1v) is 44.2. The summed E-state index contributed by atoms with van der Waals surface area (Å²) in [5.41, 5.74) is -6.86. The van der Waals surface area contributed by atoms with Crippen molar-refractivity contribution >= 4 is 175 Å². The van der Waals surface area contributed by atoms with Gasteiger partial charge in [-0.15, -0.1) is 0 Å². The average molecular weight is 2000 g/mol. The molecule has 0 aliphatic carbocycles. The van der Waals surface area contributed by atoms with Crippen LogP contribution in [-0.4, -0.2) is 49.2 Å². The zero-order valence-corrected chi connectivity index (χ0v) is 71.8. The second-order valence-corrected chi connectivity index (χ2v) is 39.5. The molecule has 21 nitrogen and oxygen atoms in total. The average Bonchev–Trinajstić information content (AvgIpc) is 0.773. The molecular weight excluding hydrogens is 1950 g/mol. The minimum atomic E-state index is -4.34. The number of fused-ring (bicyclic) bond motifs is 5. The topological polar surface area (TPSA) is 331 Å². The van der Waals surface area contributed by atoms with E-state index in [0.29, 0.717) is 48.8 Å². The van der Waals surface area contributed by atoms with E-state index in [1.54, 1.807) is 24.3 Å². The zero-order valence-electron chi connectivity index (χ0n) is 61.5. The summed E-state index contributed by atoms with van der Waals surface area (Å²) in [5.74, 6) is -8.21. The van der Waals surface area contributed by atoms with Crippen molar-refractivity contribution in [3.05, 3.63) is 339 Å². The number of rotatable bonds is 11. The van der Waals surface area contributed by atoms with Crippen molar-refractivity contribution < 1.29 is 108 Å². The van der Waals surface area contributed by atoms with Crippen molar-refractivity contribution in [3.8, 4) is 5.75 Å². The fraction of sp³-hybridized carbons (Fsp3) is 0.0741. The first-order valence-electron chi connectivity index (χ1n) is 33.6. The van der Waals surface area contributed by atoms with Gasteiger partial charge >= 0.3 is 28.1 Å². The molecule has 15 rings (SSSR count). The molecule has 5 heterocycles. The summed E-state index contributed by atoms with van der Waals surface area (Å²) < 4.78 is 278. The van der Waals surface area contributed by atoms with Crippen LogP contribution in [0.2, 0.25) is 10.0 Å². The number of sulfone groups is 5. The van der Waals surface area contributed by atoms with Crippen LogP contribution >= 0.6 is 71.0 Å². The van der Waals surface area contributed by atoms with Crippen molar-refractivity contribution in [2.45, 2.75) is 82.1 Å². The molecule has 121 heavy (non-hydrogen) atoms. The molecule has 0 N–H and O–H groups in total. The Morgan fingerprint density at radius 2 is 0.603 bits per heavy atom. The van der Waals surface area contributed by atoms with Gasteiger partial charge in [-0.1, -0.05) is 88.0 Å². The zero-order chi connectivity index (χ0) is 88.8. The number of methoxy groups -OCH3 is 1. The molecule has 626 valence electrons. The van der Waals surface area contributed by atoms with Crippen LogP contribution in [0.4, 0.5) is 39.5 Å². The normalized spacial score (nSPS) is 11.9. The van der Waals surface area contributed by atoms with Crippen molar-refractivity contribution in [2.75, 3.05) is 7.11 Å². The Bertz CT molecular complexity index is 7530. The van der Waals surface area contributed by atoms with Crippen molar-refractivity contribution in [1.82, 2.24) is 0 Å². The Hall–Kier alpha value is -10.8. The van der Waals surface area contributed by atoms with Crippen molar-refractivity contribution in [3.63, 3.8) is 0 Å². The number of ether oxygens (including phenoxy) is 1. The van der Waals surface area contributed by atoms with Gasteiger partial charge in [0.1, 0.15) is 34.8 Å². The molecule has 0 saturated heterocycles. The van der Waals surface area contributed by atoms with Crippen LogP contribution < -0.4 is 32.9 Å². The second kappa shape index (κ2) is 35.3. The Balaban J connectivity index is 0.000000148. The molecule has 0 bridgehead atoms. The number of hydrogen-bond acceptors (Lipinski definition) is 21. The number of benzene rings is 10. The molecule has 0 amide bonds. The summed E-state index contributed by atoms with van der Waals surface area (Å²) >= 11 is 21.4. The lowest BCUT2D eigenvalue weighted by molar-refractivity contribution is 0.414. The molecule has 0 unspecified atom stereocenters. The van der Waals surface area contributed by atoms with Gasteiger partial charge in [-0.2, -0.15) is 0 Å². The van der Waals surface area contributed by atoms with E-state index in [0.717, 1.165) is 72.3 Å². The van der Waals surface area contributed by atoms with Gasteiger partial charge < -0.3 is 26.8 Å². The third-order valence-corrected chi connectivity index (χ3v) is 28.3. The fourth-order valence-corrected chi connectivity index (χ4v) is 19.7. The summed E-state index contributed by atoms with van der Waals surface area (Å²) in [6, 6.07) is 37.7. The molecule has 0 saturated carbocycles. The molecule has 10 aromatic carbocycles. The van der Waals surface area contributed by atoms with E-state index in [9.17, 15) is 106 Å². The van der Waals surface area contributed by atoms with Crippen LogP contribution in [-0.2, 0) is 54.6 Å². The highest BCUT2D eigenvalue weighted by Gasteiger charge is 2.31. The lowest BCUT2D eigenvalue weighted by atomic mass is 9.87. The monoisotopic (exact) mass is 1990 g/mol. The van der Waals surface area contributed by atoms with Crippen LogP contribution in [0, 0.1) is 59.3 Å². The molecule has 15 aromatic rings. The quantitative estimate of drug-likeness (QED) is 0.0659. The van der Waals surface area contributed by atoms with Gasteiger partial charge in [0.25, 0.3) is 0 Å². The van der Waals surface area contributed by atoms with Gasteiger partial charge in [-0.3, -0.25) is 0 Å². The van der Waals surface area contributed by atoms with E-state index in [1.807, 2.05) is 20.8 Å². The first kappa shape index (κ1) is 90.9. The van der Waals surface area contributed by atoms with Gasteiger partial charge in [0.05, 0.1) is 46.1 Å². The highest BCUT2D eigenvalue weighted by molar-refractivity contribution is 9.11. The van der Waals surface area contributed by atoms with Gasteiger partial charge in [-0.05, 0) is 203 Å². The van der Waals surface area contributed by atoms with Gasteiger partial charge in [0.2, 0.25) is 49.2 Å². The third-order valence-electron chi connectivity index (χ3n) is 17.2. The summed E-state index contributed by atoms with van der Waals surface area (Å²) in [4.78, 5) is 56.0. The van der Waals surface area contributed by atoms with E-state index in [-0.39, 0.29) is 72.6 Å². The Labute approximate surface area is 711 Å². The van der Waals surface area contributed by atoms with Crippen LogP contribution in [0.5, 0.6) is 5.75 Å².